The molecule has 0 amide bonds. The van der Waals surface area contributed by atoms with E-state index < -0.39 is 0 Å². The van der Waals surface area contributed by atoms with Gasteiger partial charge < -0.3 is 5.32 Å². The highest BCUT2D eigenvalue weighted by Gasteiger charge is 2.20. The van der Waals surface area contributed by atoms with Gasteiger partial charge in [0.15, 0.2) is 0 Å². The Morgan fingerprint density at radius 1 is 1.19 bits per heavy atom. The topological polar surface area (TPSA) is 12.0 Å². The van der Waals surface area contributed by atoms with Crippen LogP contribution in [-0.2, 0) is 0 Å². The molecule has 2 aromatic carbocycles. The number of hydrogen-bond acceptors (Lipinski definition) is 1. The molecule has 0 saturated heterocycles. The summed E-state index contributed by atoms with van der Waals surface area (Å²) in [4.78, 5) is 0. The highest BCUT2D eigenvalue weighted by molar-refractivity contribution is 9.10. The summed E-state index contributed by atoms with van der Waals surface area (Å²) in [5.41, 5.74) is 2.55. The van der Waals surface area contributed by atoms with Gasteiger partial charge in [0.05, 0.1) is 6.04 Å². The zero-order chi connectivity index (χ0) is 15.4. The normalized spacial score (nSPS) is 12.4. The largest absolute Gasteiger partial charge is 0.306 e. The number of benzene rings is 2. The molecule has 0 spiro atoms. The second-order valence-electron chi connectivity index (χ2n) is 5.08. The SMILES string of the molecule is CCCNC(c1cc(C)ccc1F)c1ccc(Br)cc1Cl. The molecule has 1 nitrogen and oxygen atoms in total. The van der Waals surface area contributed by atoms with E-state index in [1.807, 2.05) is 31.2 Å². The third-order valence-corrected chi connectivity index (χ3v) is 4.16. The molecule has 0 aliphatic carbocycles. The molecule has 0 aliphatic heterocycles. The fraction of sp³-hybridized carbons (Fsp3) is 0.294. The van der Waals surface area contributed by atoms with Gasteiger partial charge in [-0.05, 0) is 43.7 Å². The molecule has 1 atom stereocenters. The van der Waals surface area contributed by atoms with Crippen LogP contribution in [0.5, 0.6) is 0 Å². The van der Waals surface area contributed by atoms with Gasteiger partial charge in [0.1, 0.15) is 5.82 Å². The van der Waals surface area contributed by atoms with Crippen molar-refractivity contribution in [2.75, 3.05) is 6.54 Å². The van der Waals surface area contributed by atoms with Crippen LogP contribution in [-0.4, -0.2) is 6.54 Å². The van der Waals surface area contributed by atoms with Crippen LogP contribution >= 0.6 is 27.5 Å². The Balaban J connectivity index is 2.49. The summed E-state index contributed by atoms with van der Waals surface area (Å²) in [6.45, 7) is 4.84. The average Bonchev–Trinajstić information content (AvgIpc) is 2.44. The molecule has 0 saturated carbocycles. The lowest BCUT2D eigenvalue weighted by atomic mass is 9.96. The number of aryl methyl sites for hydroxylation is 1. The maximum Gasteiger partial charge on any atom is 0.128 e. The van der Waals surface area contributed by atoms with Gasteiger partial charge in [-0.1, -0.05) is 58.2 Å². The minimum atomic E-state index is -0.245. The van der Waals surface area contributed by atoms with Crippen LogP contribution in [0, 0.1) is 12.7 Å². The van der Waals surface area contributed by atoms with E-state index >= 15 is 0 Å². The standard InChI is InChI=1S/C17H18BrClFN/c1-3-8-21-17(13-6-5-12(18)10-15(13)19)14-9-11(2)4-7-16(14)20/h4-7,9-10,17,21H,3,8H2,1-2H3. The number of nitrogens with one attached hydrogen (secondary N) is 1. The molecule has 4 heteroatoms. The van der Waals surface area contributed by atoms with Crippen molar-refractivity contribution in [3.8, 4) is 0 Å². The second-order valence-corrected chi connectivity index (χ2v) is 6.40. The van der Waals surface area contributed by atoms with Gasteiger partial charge in [-0.25, -0.2) is 4.39 Å². The van der Waals surface area contributed by atoms with Crippen LogP contribution < -0.4 is 5.32 Å². The number of rotatable bonds is 5. The molecule has 0 aliphatic rings. The lowest BCUT2D eigenvalue weighted by Gasteiger charge is -2.22. The Morgan fingerprint density at radius 2 is 1.95 bits per heavy atom. The Labute approximate surface area is 138 Å². The average molecular weight is 371 g/mol. The van der Waals surface area contributed by atoms with E-state index in [9.17, 15) is 4.39 Å². The zero-order valence-corrected chi connectivity index (χ0v) is 14.4. The molecule has 1 N–H and O–H groups in total. The third-order valence-electron chi connectivity index (χ3n) is 3.33. The summed E-state index contributed by atoms with van der Waals surface area (Å²) in [5, 5.41) is 4.01. The van der Waals surface area contributed by atoms with Gasteiger partial charge in [-0.15, -0.1) is 0 Å². The van der Waals surface area contributed by atoms with Crippen molar-refractivity contribution in [3.05, 3.63) is 68.4 Å². The summed E-state index contributed by atoms with van der Waals surface area (Å²) in [5.74, 6) is -0.215. The minimum absolute atomic E-state index is 0.215. The van der Waals surface area contributed by atoms with Crippen molar-refractivity contribution in [2.45, 2.75) is 26.3 Å². The molecule has 1 unspecified atom stereocenters. The lowest BCUT2D eigenvalue weighted by Crippen LogP contribution is -2.24. The maximum absolute atomic E-state index is 14.3. The van der Waals surface area contributed by atoms with Crippen LogP contribution in [0.3, 0.4) is 0 Å². The maximum atomic E-state index is 14.3. The zero-order valence-electron chi connectivity index (χ0n) is 12.1. The number of hydrogen-bond donors (Lipinski definition) is 1. The summed E-state index contributed by atoms with van der Waals surface area (Å²) in [7, 11) is 0. The van der Waals surface area contributed by atoms with E-state index in [0.717, 1.165) is 28.6 Å². The first-order valence-corrected chi connectivity index (χ1v) is 8.14. The van der Waals surface area contributed by atoms with Crippen LogP contribution in [0.25, 0.3) is 0 Å². The fourth-order valence-electron chi connectivity index (χ4n) is 2.30. The predicted molar refractivity (Wildman–Crippen MR) is 90.4 cm³/mol. The molecular formula is C17H18BrClFN. The summed E-state index contributed by atoms with van der Waals surface area (Å²) in [6, 6.07) is 10.6. The van der Waals surface area contributed by atoms with Crippen molar-refractivity contribution >= 4 is 27.5 Å². The summed E-state index contributed by atoms with van der Waals surface area (Å²) in [6.07, 6.45) is 0.970. The van der Waals surface area contributed by atoms with Crippen molar-refractivity contribution in [1.29, 1.82) is 0 Å². The van der Waals surface area contributed by atoms with Crippen molar-refractivity contribution in [3.63, 3.8) is 0 Å². The van der Waals surface area contributed by atoms with Gasteiger partial charge in [0.25, 0.3) is 0 Å². The van der Waals surface area contributed by atoms with E-state index in [1.165, 1.54) is 6.07 Å². The molecule has 0 heterocycles. The Kier molecular flexibility index (Phi) is 5.80. The molecule has 112 valence electrons. The first-order chi connectivity index (χ1) is 10.0. The minimum Gasteiger partial charge on any atom is -0.306 e. The van der Waals surface area contributed by atoms with Gasteiger partial charge in [-0.2, -0.15) is 0 Å². The molecule has 0 fully saturated rings. The Bertz CT molecular complexity index is 630. The van der Waals surface area contributed by atoms with Crippen LogP contribution in [0.4, 0.5) is 4.39 Å². The van der Waals surface area contributed by atoms with E-state index in [4.69, 9.17) is 11.6 Å². The van der Waals surface area contributed by atoms with Gasteiger partial charge in [0, 0.05) is 15.1 Å². The quantitative estimate of drug-likeness (QED) is 0.718. The molecule has 2 rings (SSSR count). The van der Waals surface area contributed by atoms with E-state index in [2.05, 4.69) is 28.2 Å². The van der Waals surface area contributed by atoms with Gasteiger partial charge in [0.2, 0.25) is 0 Å². The first-order valence-electron chi connectivity index (χ1n) is 6.97. The van der Waals surface area contributed by atoms with Crippen LogP contribution in [0.2, 0.25) is 5.02 Å². The second kappa shape index (κ2) is 7.39. The van der Waals surface area contributed by atoms with Gasteiger partial charge in [-0.3, -0.25) is 0 Å². The fourth-order valence-corrected chi connectivity index (χ4v) is 3.08. The first kappa shape index (κ1) is 16.5. The lowest BCUT2D eigenvalue weighted by molar-refractivity contribution is 0.546. The monoisotopic (exact) mass is 369 g/mol. The Morgan fingerprint density at radius 3 is 2.62 bits per heavy atom. The predicted octanol–water partition coefficient (Wildman–Crippen LogP) is 5.64. The van der Waals surface area contributed by atoms with Crippen molar-refractivity contribution in [1.82, 2.24) is 5.32 Å². The highest BCUT2D eigenvalue weighted by Crippen LogP contribution is 2.32. The van der Waals surface area contributed by atoms with Crippen molar-refractivity contribution in [2.24, 2.45) is 0 Å². The highest BCUT2D eigenvalue weighted by atomic mass is 79.9. The van der Waals surface area contributed by atoms with E-state index in [-0.39, 0.29) is 11.9 Å². The molecule has 2 aromatic rings. The summed E-state index contributed by atoms with van der Waals surface area (Å²) < 4.78 is 15.2. The van der Waals surface area contributed by atoms with Crippen LogP contribution in [0.1, 0.15) is 36.1 Å². The Hall–Kier alpha value is -0.900. The van der Waals surface area contributed by atoms with Crippen LogP contribution in [0.15, 0.2) is 40.9 Å². The molecule has 0 bridgehead atoms. The summed E-state index contributed by atoms with van der Waals surface area (Å²) >= 11 is 9.75. The molecule has 0 aromatic heterocycles. The van der Waals surface area contributed by atoms with Gasteiger partial charge >= 0.3 is 0 Å². The van der Waals surface area contributed by atoms with E-state index in [1.54, 1.807) is 6.07 Å². The van der Waals surface area contributed by atoms with Crippen molar-refractivity contribution < 1.29 is 4.39 Å². The molecule has 0 radical (unpaired) electrons. The third kappa shape index (κ3) is 4.06. The number of halogens is 3. The molecule has 21 heavy (non-hydrogen) atoms. The smallest absolute Gasteiger partial charge is 0.128 e. The molecular weight excluding hydrogens is 353 g/mol. The van der Waals surface area contributed by atoms with E-state index in [0.29, 0.717) is 10.6 Å².